The highest BCUT2D eigenvalue weighted by Gasteiger charge is 2.40. The first-order chi connectivity index (χ1) is 10.8. The third kappa shape index (κ3) is 2.23. The Morgan fingerprint density at radius 3 is 3.18 bits per heavy atom. The molecule has 2 fully saturated rings. The zero-order valence-electron chi connectivity index (χ0n) is 12.3. The van der Waals surface area contributed by atoms with Gasteiger partial charge in [0.2, 0.25) is 0 Å². The summed E-state index contributed by atoms with van der Waals surface area (Å²) in [6.07, 6.45) is 3.68. The molecule has 8 nitrogen and oxygen atoms in total. The van der Waals surface area contributed by atoms with Gasteiger partial charge in [-0.2, -0.15) is 0 Å². The number of nitrogens with zero attached hydrogens (tertiary/aromatic N) is 3. The molecular formula is C14H18N4O4. The fourth-order valence-electron chi connectivity index (χ4n) is 3.03. The Kier molecular flexibility index (Phi) is 3.44. The van der Waals surface area contributed by atoms with Gasteiger partial charge in [-0.25, -0.2) is 9.97 Å². The van der Waals surface area contributed by atoms with Crippen LogP contribution in [0.4, 0.5) is 0 Å². The summed E-state index contributed by atoms with van der Waals surface area (Å²) in [5, 5.41) is 0. The minimum Gasteiger partial charge on any atom is -0.353 e. The minimum atomic E-state index is -0.231. The van der Waals surface area contributed by atoms with Crippen molar-refractivity contribution in [3.8, 4) is 0 Å². The van der Waals surface area contributed by atoms with Gasteiger partial charge in [0.05, 0.1) is 19.0 Å². The van der Waals surface area contributed by atoms with Crippen LogP contribution in [-0.4, -0.2) is 45.1 Å². The number of hydrogen-bond acceptors (Lipinski definition) is 6. The molecule has 2 aromatic rings. The highest BCUT2D eigenvalue weighted by Crippen LogP contribution is 2.33. The van der Waals surface area contributed by atoms with Crippen LogP contribution in [0.2, 0.25) is 0 Å². The number of aromatic nitrogens is 4. The number of aromatic amines is 1. The van der Waals surface area contributed by atoms with Crippen molar-refractivity contribution in [1.29, 1.82) is 0 Å². The maximum absolute atomic E-state index is 12.1. The highest BCUT2D eigenvalue weighted by molar-refractivity contribution is 5.69. The van der Waals surface area contributed by atoms with Crippen molar-refractivity contribution in [2.75, 3.05) is 13.4 Å². The topological polar surface area (TPSA) is 91.3 Å². The van der Waals surface area contributed by atoms with Crippen LogP contribution in [0.25, 0.3) is 11.2 Å². The molecule has 3 atom stereocenters. The van der Waals surface area contributed by atoms with Crippen molar-refractivity contribution in [2.24, 2.45) is 0 Å². The van der Waals surface area contributed by atoms with Crippen molar-refractivity contribution >= 4 is 11.2 Å². The van der Waals surface area contributed by atoms with Gasteiger partial charge >= 0.3 is 0 Å². The van der Waals surface area contributed by atoms with Crippen LogP contribution >= 0.6 is 0 Å². The van der Waals surface area contributed by atoms with Gasteiger partial charge in [-0.1, -0.05) is 6.92 Å². The average molecular weight is 306 g/mol. The molecule has 2 aromatic heterocycles. The van der Waals surface area contributed by atoms with E-state index in [0.717, 1.165) is 12.8 Å². The lowest BCUT2D eigenvalue weighted by Gasteiger charge is -2.23. The SMILES string of the molecule is CCCc1nc2c(ncn2C2CC3OCOCC3O2)c(=O)[nH]1. The molecule has 0 saturated carbocycles. The van der Waals surface area contributed by atoms with E-state index in [-0.39, 0.29) is 24.0 Å². The number of fused-ring (bicyclic) bond motifs is 2. The summed E-state index contributed by atoms with van der Waals surface area (Å²) in [7, 11) is 0. The molecule has 4 rings (SSSR count). The average Bonchev–Trinajstić information content (AvgIpc) is 3.10. The Morgan fingerprint density at radius 1 is 1.45 bits per heavy atom. The largest absolute Gasteiger partial charge is 0.353 e. The van der Waals surface area contributed by atoms with E-state index in [1.54, 1.807) is 6.33 Å². The lowest BCUT2D eigenvalue weighted by molar-refractivity contribution is -0.182. The lowest BCUT2D eigenvalue weighted by atomic mass is 10.2. The standard InChI is InChI=1S/C14H18N4O4/c1-2-3-10-16-13-12(14(19)17-10)15-6-18(13)11-4-8-9(22-11)5-20-7-21-8/h6,8-9,11H,2-5,7H2,1H3,(H,16,17,19). The summed E-state index contributed by atoms with van der Waals surface area (Å²) < 4.78 is 18.6. The molecule has 8 heteroatoms. The number of nitrogens with one attached hydrogen (secondary N) is 1. The van der Waals surface area contributed by atoms with E-state index in [2.05, 4.69) is 15.0 Å². The van der Waals surface area contributed by atoms with Crippen molar-refractivity contribution in [1.82, 2.24) is 19.5 Å². The summed E-state index contributed by atoms with van der Waals surface area (Å²) in [5.74, 6) is 0.678. The zero-order chi connectivity index (χ0) is 15.1. The van der Waals surface area contributed by atoms with Gasteiger partial charge in [-0.3, -0.25) is 9.36 Å². The second-order valence-corrected chi connectivity index (χ2v) is 5.65. The highest BCUT2D eigenvalue weighted by atomic mass is 16.7. The summed E-state index contributed by atoms with van der Waals surface area (Å²) in [6.45, 7) is 2.88. The molecule has 0 amide bonds. The van der Waals surface area contributed by atoms with Gasteiger partial charge in [0, 0.05) is 12.8 Å². The van der Waals surface area contributed by atoms with Gasteiger partial charge in [0.1, 0.15) is 24.9 Å². The van der Waals surface area contributed by atoms with Crippen LogP contribution in [0, 0.1) is 0 Å². The third-order valence-corrected chi connectivity index (χ3v) is 4.11. The molecule has 0 aliphatic carbocycles. The molecule has 0 bridgehead atoms. The quantitative estimate of drug-likeness (QED) is 0.899. The maximum atomic E-state index is 12.1. The normalized spacial score (nSPS) is 28.1. The summed E-state index contributed by atoms with van der Waals surface area (Å²) >= 11 is 0. The van der Waals surface area contributed by atoms with Gasteiger partial charge in [0.25, 0.3) is 5.56 Å². The van der Waals surface area contributed by atoms with Crippen LogP contribution < -0.4 is 5.56 Å². The number of imidazole rings is 1. The molecule has 2 aliphatic rings. The van der Waals surface area contributed by atoms with Crippen molar-refractivity contribution in [3.63, 3.8) is 0 Å². The van der Waals surface area contributed by atoms with E-state index >= 15 is 0 Å². The van der Waals surface area contributed by atoms with E-state index in [1.807, 2.05) is 11.5 Å². The van der Waals surface area contributed by atoms with E-state index in [4.69, 9.17) is 14.2 Å². The van der Waals surface area contributed by atoms with Crippen molar-refractivity contribution in [2.45, 2.75) is 44.6 Å². The summed E-state index contributed by atoms with van der Waals surface area (Å²) in [6, 6.07) is 0. The van der Waals surface area contributed by atoms with Gasteiger partial charge in [0.15, 0.2) is 11.2 Å². The maximum Gasteiger partial charge on any atom is 0.279 e. The molecular weight excluding hydrogens is 288 g/mol. The number of H-pyrrole nitrogens is 1. The molecule has 22 heavy (non-hydrogen) atoms. The third-order valence-electron chi connectivity index (χ3n) is 4.11. The molecule has 118 valence electrons. The first-order valence-corrected chi connectivity index (χ1v) is 7.57. The molecule has 2 saturated heterocycles. The predicted octanol–water partition coefficient (Wildman–Crippen LogP) is 0.732. The molecule has 4 heterocycles. The van der Waals surface area contributed by atoms with Crippen LogP contribution in [0.5, 0.6) is 0 Å². The van der Waals surface area contributed by atoms with Gasteiger partial charge in [-0.05, 0) is 6.42 Å². The molecule has 1 N–H and O–H groups in total. The van der Waals surface area contributed by atoms with Gasteiger partial charge in [-0.15, -0.1) is 0 Å². The van der Waals surface area contributed by atoms with Crippen LogP contribution in [0.15, 0.2) is 11.1 Å². The van der Waals surface area contributed by atoms with Crippen molar-refractivity contribution in [3.05, 3.63) is 22.5 Å². The minimum absolute atomic E-state index is 0.0216. The molecule has 2 aliphatic heterocycles. The Hall–Kier alpha value is -1.77. The smallest absolute Gasteiger partial charge is 0.279 e. The second kappa shape index (κ2) is 5.45. The fraction of sp³-hybridized carbons (Fsp3) is 0.643. The van der Waals surface area contributed by atoms with Crippen LogP contribution in [0.1, 0.15) is 31.8 Å². The molecule has 0 aromatic carbocycles. The number of aryl methyl sites for hydroxylation is 1. The molecule has 3 unspecified atom stereocenters. The predicted molar refractivity (Wildman–Crippen MR) is 76.4 cm³/mol. The van der Waals surface area contributed by atoms with Crippen LogP contribution in [0.3, 0.4) is 0 Å². The first kappa shape index (κ1) is 13.9. The van der Waals surface area contributed by atoms with E-state index in [1.165, 1.54) is 0 Å². The zero-order valence-corrected chi connectivity index (χ0v) is 12.3. The number of rotatable bonds is 3. The van der Waals surface area contributed by atoms with E-state index in [9.17, 15) is 4.79 Å². The number of hydrogen-bond donors (Lipinski definition) is 1. The van der Waals surface area contributed by atoms with E-state index in [0.29, 0.717) is 36.8 Å². The lowest BCUT2D eigenvalue weighted by Crippen LogP contribution is -2.35. The van der Waals surface area contributed by atoms with Crippen LogP contribution in [-0.2, 0) is 20.6 Å². The Labute approximate surface area is 126 Å². The van der Waals surface area contributed by atoms with Gasteiger partial charge < -0.3 is 19.2 Å². The second-order valence-electron chi connectivity index (χ2n) is 5.65. The summed E-state index contributed by atoms with van der Waals surface area (Å²) in [5.41, 5.74) is 0.703. The van der Waals surface area contributed by atoms with E-state index < -0.39 is 0 Å². The molecule has 0 spiro atoms. The Balaban J connectivity index is 1.71. The summed E-state index contributed by atoms with van der Waals surface area (Å²) in [4.78, 5) is 23.6. The monoisotopic (exact) mass is 306 g/mol. The van der Waals surface area contributed by atoms with Crippen molar-refractivity contribution < 1.29 is 14.2 Å². The first-order valence-electron chi connectivity index (χ1n) is 7.57. The fourth-order valence-corrected chi connectivity index (χ4v) is 3.03. The Morgan fingerprint density at radius 2 is 2.36 bits per heavy atom. The Bertz CT molecular complexity index is 726. The molecule has 0 radical (unpaired) electrons. The number of ether oxygens (including phenoxy) is 3.